The zero-order chi connectivity index (χ0) is 22.8. The normalized spacial score (nSPS) is 16.3. The molecular weight excluding hydrogens is 404 g/mol. The summed E-state index contributed by atoms with van der Waals surface area (Å²) in [5.41, 5.74) is 5.46. The van der Waals surface area contributed by atoms with Crippen molar-refractivity contribution in [1.82, 2.24) is 15.2 Å². The number of benzene rings is 1. The van der Waals surface area contributed by atoms with Gasteiger partial charge < -0.3 is 20.5 Å². The molecule has 4 rings (SSSR count). The number of anilines is 1. The van der Waals surface area contributed by atoms with Gasteiger partial charge in [-0.3, -0.25) is 14.4 Å². The first-order chi connectivity index (χ1) is 15.4. The summed E-state index contributed by atoms with van der Waals surface area (Å²) in [5.74, 6) is 2.41. The Kier molecular flexibility index (Phi) is 5.87. The fourth-order valence-electron chi connectivity index (χ4n) is 4.33. The van der Waals surface area contributed by atoms with E-state index >= 15 is 0 Å². The Hall–Kier alpha value is -3.79. The number of nitrogens with zero attached hydrogens (tertiary/aromatic N) is 1. The Morgan fingerprint density at radius 3 is 2.84 bits per heavy atom. The SMILES string of the molecule is C#Cc1ccc2c(c1)C(=Cc1[nH]c(C)c(C(=O)NCCCN3CCCC3=O)c1C)C(=O)N2. The maximum absolute atomic E-state index is 12.8. The molecule has 1 fully saturated rings. The van der Waals surface area contributed by atoms with Gasteiger partial charge in [0, 0.05) is 54.3 Å². The van der Waals surface area contributed by atoms with Crippen LogP contribution in [0.5, 0.6) is 0 Å². The minimum absolute atomic E-state index is 0.167. The van der Waals surface area contributed by atoms with Crippen LogP contribution in [0, 0.1) is 26.2 Å². The number of fused-ring (bicyclic) bond motifs is 1. The quantitative estimate of drug-likeness (QED) is 0.374. The monoisotopic (exact) mass is 430 g/mol. The fraction of sp³-hybridized carbons (Fsp3) is 0.320. The van der Waals surface area contributed by atoms with Gasteiger partial charge in [0.1, 0.15) is 0 Å². The number of terminal acetylenes is 1. The third-order valence-corrected chi connectivity index (χ3v) is 6.02. The van der Waals surface area contributed by atoms with Crippen LogP contribution < -0.4 is 10.6 Å². The van der Waals surface area contributed by atoms with Crippen LogP contribution in [0.15, 0.2) is 18.2 Å². The number of hydrogen-bond acceptors (Lipinski definition) is 3. The van der Waals surface area contributed by atoms with E-state index in [4.69, 9.17) is 6.42 Å². The standard InChI is InChI=1S/C25H26N4O3/c1-4-17-8-9-20-18(13-17)19(24(31)28-20)14-21-15(2)23(16(3)27-21)25(32)26-10-6-12-29-11-5-7-22(29)30/h1,8-9,13-14,27H,5-7,10-12H2,2-3H3,(H,26,32)(H,28,31). The van der Waals surface area contributed by atoms with Crippen molar-refractivity contribution in [2.45, 2.75) is 33.1 Å². The average molecular weight is 431 g/mol. The summed E-state index contributed by atoms with van der Waals surface area (Å²) in [6.07, 6.45) is 9.52. The second kappa shape index (κ2) is 8.75. The Morgan fingerprint density at radius 1 is 1.31 bits per heavy atom. The third-order valence-electron chi connectivity index (χ3n) is 6.02. The van der Waals surface area contributed by atoms with E-state index in [1.807, 2.05) is 24.8 Å². The van der Waals surface area contributed by atoms with E-state index in [-0.39, 0.29) is 17.7 Å². The summed E-state index contributed by atoms with van der Waals surface area (Å²) in [6.45, 7) is 5.66. The lowest BCUT2D eigenvalue weighted by Crippen LogP contribution is -2.31. The minimum atomic E-state index is -0.205. The van der Waals surface area contributed by atoms with Crippen LogP contribution >= 0.6 is 0 Å². The highest BCUT2D eigenvalue weighted by Gasteiger charge is 2.26. The molecule has 0 saturated carbocycles. The van der Waals surface area contributed by atoms with Gasteiger partial charge in [0.2, 0.25) is 5.91 Å². The largest absolute Gasteiger partial charge is 0.358 e. The fourth-order valence-corrected chi connectivity index (χ4v) is 4.33. The molecule has 7 nitrogen and oxygen atoms in total. The number of likely N-dealkylation sites (tertiary alicyclic amines) is 1. The van der Waals surface area contributed by atoms with Gasteiger partial charge in [-0.1, -0.05) is 5.92 Å². The zero-order valence-electron chi connectivity index (χ0n) is 18.3. The maximum atomic E-state index is 12.8. The first-order valence-electron chi connectivity index (χ1n) is 10.8. The Morgan fingerprint density at radius 2 is 2.12 bits per heavy atom. The molecule has 2 aromatic rings. The lowest BCUT2D eigenvalue weighted by atomic mass is 10.0. The number of carbonyl (C=O) groups excluding carboxylic acids is 3. The van der Waals surface area contributed by atoms with Crippen molar-refractivity contribution in [3.8, 4) is 12.3 Å². The van der Waals surface area contributed by atoms with Crippen LogP contribution in [-0.2, 0) is 9.59 Å². The number of carbonyl (C=O) groups is 3. The molecule has 0 atom stereocenters. The second-order valence-electron chi connectivity index (χ2n) is 8.17. The lowest BCUT2D eigenvalue weighted by Gasteiger charge is -2.15. The van der Waals surface area contributed by atoms with Gasteiger partial charge in [-0.2, -0.15) is 0 Å². The topological polar surface area (TPSA) is 94.3 Å². The first-order valence-corrected chi connectivity index (χ1v) is 10.8. The smallest absolute Gasteiger partial charge is 0.256 e. The van der Waals surface area contributed by atoms with Crippen LogP contribution in [0.3, 0.4) is 0 Å². The number of amides is 3. The molecule has 0 radical (unpaired) electrons. The summed E-state index contributed by atoms with van der Waals surface area (Å²) >= 11 is 0. The van der Waals surface area contributed by atoms with Gasteiger partial charge in [0.05, 0.1) is 11.1 Å². The molecule has 1 aromatic carbocycles. The van der Waals surface area contributed by atoms with E-state index in [9.17, 15) is 14.4 Å². The minimum Gasteiger partial charge on any atom is -0.358 e. The lowest BCUT2D eigenvalue weighted by molar-refractivity contribution is -0.127. The second-order valence-corrected chi connectivity index (χ2v) is 8.17. The van der Waals surface area contributed by atoms with Crippen LogP contribution in [-0.4, -0.2) is 47.2 Å². The average Bonchev–Trinajstić information content (AvgIpc) is 3.40. The molecule has 3 amide bonds. The summed E-state index contributed by atoms with van der Waals surface area (Å²) in [7, 11) is 0. The van der Waals surface area contributed by atoms with Crippen LogP contribution in [0.1, 0.15) is 57.7 Å². The summed E-state index contributed by atoms with van der Waals surface area (Å²) in [4.78, 5) is 42.1. The number of H-pyrrole nitrogens is 1. The van der Waals surface area contributed by atoms with Crippen LogP contribution in [0.2, 0.25) is 0 Å². The molecule has 164 valence electrons. The van der Waals surface area contributed by atoms with Crippen LogP contribution in [0.4, 0.5) is 5.69 Å². The van der Waals surface area contributed by atoms with Crippen molar-refractivity contribution >= 4 is 35.1 Å². The third kappa shape index (κ3) is 4.04. The molecule has 2 aliphatic heterocycles. The van der Waals surface area contributed by atoms with E-state index < -0.39 is 0 Å². The molecule has 1 saturated heterocycles. The number of aromatic nitrogens is 1. The number of aromatic amines is 1. The van der Waals surface area contributed by atoms with E-state index in [1.165, 1.54) is 0 Å². The van der Waals surface area contributed by atoms with Crippen molar-refractivity contribution in [3.63, 3.8) is 0 Å². The molecular formula is C25H26N4O3. The molecule has 2 aliphatic rings. The molecule has 3 heterocycles. The van der Waals surface area contributed by atoms with Crippen molar-refractivity contribution in [2.75, 3.05) is 25.0 Å². The van der Waals surface area contributed by atoms with Gasteiger partial charge in [-0.05, 0) is 56.5 Å². The first kappa shape index (κ1) is 21.4. The van der Waals surface area contributed by atoms with Crippen molar-refractivity contribution in [3.05, 3.63) is 51.8 Å². The van der Waals surface area contributed by atoms with Crippen molar-refractivity contribution < 1.29 is 14.4 Å². The van der Waals surface area contributed by atoms with E-state index in [0.29, 0.717) is 48.3 Å². The number of aryl methyl sites for hydroxylation is 1. The highest BCUT2D eigenvalue weighted by Crippen LogP contribution is 2.34. The Balaban J connectivity index is 1.49. The Labute approximate surface area is 187 Å². The van der Waals surface area contributed by atoms with Gasteiger partial charge >= 0.3 is 0 Å². The van der Waals surface area contributed by atoms with Gasteiger partial charge in [-0.25, -0.2) is 0 Å². The van der Waals surface area contributed by atoms with Gasteiger partial charge in [0.25, 0.3) is 11.8 Å². The highest BCUT2D eigenvalue weighted by molar-refractivity contribution is 6.35. The zero-order valence-corrected chi connectivity index (χ0v) is 18.3. The molecule has 0 spiro atoms. The van der Waals surface area contributed by atoms with Crippen molar-refractivity contribution in [2.24, 2.45) is 0 Å². The van der Waals surface area contributed by atoms with E-state index in [2.05, 4.69) is 21.5 Å². The predicted octanol–water partition coefficient (Wildman–Crippen LogP) is 2.85. The number of nitrogens with one attached hydrogen (secondary N) is 3. The van der Waals surface area contributed by atoms with E-state index in [0.717, 1.165) is 35.5 Å². The van der Waals surface area contributed by atoms with Crippen molar-refractivity contribution in [1.29, 1.82) is 0 Å². The molecule has 1 aromatic heterocycles. The molecule has 0 aliphatic carbocycles. The molecule has 3 N–H and O–H groups in total. The maximum Gasteiger partial charge on any atom is 0.256 e. The Bertz CT molecular complexity index is 1180. The molecule has 0 unspecified atom stereocenters. The molecule has 0 bridgehead atoms. The van der Waals surface area contributed by atoms with Gasteiger partial charge in [-0.15, -0.1) is 6.42 Å². The van der Waals surface area contributed by atoms with Gasteiger partial charge in [0.15, 0.2) is 0 Å². The summed E-state index contributed by atoms with van der Waals surface area (Å²) in [5, 5.41) is 5.79. The van der Waals surface area contributed by atoms with E-state index in [1.54, 1.807) is 18.2 Å². The highest BCUT2D eigenvalue weighted by atomic mass is 16.2. The number of hydrogen-bond donors (Lipinski definition) is 3. The predicted molar refractivity (Wildman–Crippen MR) is 124 cm³/mol. The molecule has 7 heteroatoms. The molecule has 32 heavy (non-hydrogen) atoms. The summed E-state index contributed by atoms with van der Waals surface area (Å²) in [6, 6.07) is 5.39. The summed E-state index contributed by atoms with van der Waals surface area (Å²) < 4.78 is 0. The van der Waals surface area contributed by atoms with Crippen LogP contribution in [0.25, 0.3) is 11.6 Å². The number of rotatable bonds is 6.